The average Bonchev–Trinajstić information content (AvgIpc) is 2.63. The van der Waals surface area contributed by atoms with Crippen molar-refractivity contribution in [3.8, 4) is 0 Å². The molecule has 0 fully saturated rings. The van der Waals surface area contributed by atoms with Gasteiger partial charge >= 0.3 is 0 Å². The minimum Gasteiger partial charge on any atom is -0.383 e. The number of H-pyrrole nitrogens is 1. The molecule has 0 aliphatic heterocycles. The van der Waals surface area contributed by atoms with Crippen LogP contribution in [0.25, 0.3) is 17.1 Å². The first-order valence-corrected chi connectivity index (χ1v) is 4.50. The Morgan fingerprint density at radius 2 is 2.33 bits per heavy atom. The van der Waals surface area contributed by atoms with Crippen molar-refractivity contribution in [3.63, 3.8) is 0 Å². The summed E-state index contributed by atoms with van der Waals surface area (Å²) in [6, 6.07) is 0. The third-order valence-corrected chi connectivity index (χ3v) is 2.06. The highest BCUT2D eigenvalue weighted by atomic mass is 16.1. The van der Waals surface area contributed by atoms with Crippen molar-refractivity contribution in [2.45, 2.75) is 6.42 Å². The standard InChI is InChI=1S/C10H10N4O/c11-9-8-7(3-1-2-4-15)5-12-10(8)14-6-13-9/h1,3-6H,2H2,(H3,11,12,13,14). The molecule has 0 amide bonds. The Morgan fingerprint density at radius 3 is 3.13 bits per heavy atom. The molecular weight excluding hydrogens is 192 g/mol. The van der Waals surface area contributed by atoms with E-state index in [-0.39, 0.29) is 0 Å². The molecule has 2 aromatic heterocycles. The van der Waals surface area contributed by atoms with Crippen LogP contribution in [-0.4, -0.2) is 21.2 Å². The first kappa shape index (κ1) is 9.39. The first-order valence-electron chi connectivity index (χ1n) is 4.50. The lowest BCUT2D eigenvalue weighted by Crippen LogP contribution is -1.92. The van der Waals surface area contributed by atoms with Crippen molar-refractivity contribution in [1.29, 1.82) is 0 Å². The number of nitrogen functional groups attached to an aromatic ring is 1. The second-order valence-electron chi connectivity index (χ2n) is 3.03. The maximum Gasteiger partial charge on any atom is 0.143 e. The van der Waals surface area contributed by atoms with Crippen LogP contribution in [0.3, 0.4) is 0 Å². The van der Waals surface area contributed by atoms with Gasteiger partial charge in [0, 0.05) is 18.2 Å². The fourth-order valence-electron chi connectivity index (χ4n) is 1.39. The smallest absolute Gasteiger partial charge is 0.143 e. The summed E-state index contributed by atoms with van der Waals surface area (Å²) in [7, 11) is 0. The predicted octanol–water partition coefficient (Wildman–Crippen LogP) is 1.14. The number of carbonyl (C=O) groups is 1. The number of hydrogen-bond acceptors (Lipinski definition) is 4. The van der Waals surface area contributed by atoms with Gasteiger partial charge < -0.3 is 15.5 Å². The van der Waals surface area contributed by atoms with Crippen molar-refractivity contribution < 1.29 is 4.79 Å². The second kappa shape index (κ2) is 3.91. The van der Waals surface area contributed by atoms with E-state index in [1.165, 1.54) is 6.33 Å². The van der Waals surface area contributed by atoms with Crippen LogP contribution in [0.1, 0.15) is 12.0 Å². The van der Waals surface area contributed by atoms with Gasteiger partial charge in [-0.05, 0) is 0 Å². The summed E-state index contributed by atoms with van der Waals surface area (Å²) in [5.41, 5.74) is 7.33. The molecule has 0 unspecified atom stereocenters. The van der Waals surface area contributed by atoms with E-state index in [1.807, 2.05) is 6.08 Å². The van der Waals surface area contributed by atoms with Gasteiger partial charge in [0.15, 0.2) is 0 Å². The van der Waals surface area contributed by atoms with Gasteiger partial charge in [0.05, 0.1) is 5.39 Å². The number of aromatic nitrogens is 3. The molecule has 0 saturated carbocycles. The van der Waals surface area contributed by atoms with Gasteiger partial charge in [0.25, 0.3) is 0 Å². The highest BCUT2D eigenvalue weighted by Gasteiger charge is 2.05. The van der Waals surface area contributed by atoms with Gasteiger partial charge in [-0.25, -0.2) is 9.97 Å². The minimum atomic E-state index is 0.389. The maximum atomic E-state index is 10.2. The number of carbonyl (C=O) groups excluding carboxylic acids is 1. The van der Waals surface area contributed by atoms with Gasteiger partial charge in [0.2, 0.25) is 0 Å². The molecule has 76 valence electrons. The summed E-state index contributed by atoms with van der Waals surface area (Å²) in [4.78, 5) is 21.1. The zero-order chi connectivity index (χ0) is 10.7. The topological polar surface area (TPSA) is 84.7 Å². The van der Waals surface area contributed by atoms with Crippen molar-refractivity contribution in [2.24, 2.45) is 0 Å². The first-order chi connectivity index (χ1) is 7.33. The fourth-order valence-corrected chi connectivity index (χ4v) is 1.39. The molecule has 2 aromatic rings. The zero-order valence-corrected chi connectivity index (χ0v) is 7.97. The summed E-state index contributed by atoms with van der Waals surface area (Å²) in [6.45, 7) is 0. The van der Waals surface area contributed by atoms with Gasteiger partial charge in [0.1, 0.15) is 24.1 Å². The SMILES string of the molecule is Nc1ncnc2[nH]cc(C=CCC=O)c12. The molecule has 0 aliphatic carbocycles. The molecule has 0 saturated heterocycles. The number of aldehydes is 1. The van der Waals surface area contributed by atoms with E-state index in [1.54, 1.807) is 12.3 Å². The highest BCUT2D eigenvalue weighted by Crippen LogP contribution is 2.21. The van der Waals surface area contributed by atoms with Gasteiger partial charge in [-0.1, -0.05) is 12.2 Å². The van der Waals surface area contributed by atoms with Crippen LogP contribution >= 0.6 is 0 Å². The molecular formula is C10H10N4O. The minimum absolute atomic E-state index is 0.389. The van der Waals surface area contributed by atoms with Crippen LogP contribution in [0.15, 0.2) is 18.6 Å². The third-order valence-electron chi connectivity index (χ3n) is 2.06. The lowest BCUT2D eigenvalue weighted by molar-refractivity contribution is -0.107. The number of nitrogens with one attached hydrogen (secondary N) is 1. The molecule has 0 bridgehead atoms. The summed E-state index contributed by atoms with van der Waals surface area (Å²) >= 11 is 0. The highest BCUT2D eigenvalue weighted by molar-refractivity contribution is 5.94. The van der Waals surface area contributed by atoms with Crippen LogP contribution in [0, 0.1) is 0 Å². The average molecular weight is 202 g/mol. The van der Waals surface area contributed by atoms with Crippen LogP contribution in [0.2, 0.25) is 0 Å². The van der Waals surface area contributed by atoms with Crippen molar-refractivity contribution in [3.05, 3.63) is 24.2 Å². The van der Waals surface area contributed by atoms with Crippen LogP contribution < -0.4 is 5.73 Å². The Bertz CT molecular complexity index is 515. The molecule has 0 aromatic carbocycles. The normalized spacial score (nSPS) is 11.2. The van der Waals surface area contributed by atoms with Crippen molar-refractivity contribution >= 4 is 29.2 Å². The molecule has 0 atom stereocenters. The number of nitrogens with two attached hydrogens (primary N) is 1. The fraction of sp³-hybridized carbons (Fsp3) is 0.100. The van der Waals surface area contributed by atoms with E-state index in [0.29, 0.717) is 17.9 Å². The number of aromatic amines is 1. The van der Waals surface area contributed by atoms with Gasteiger partial charge in [-0.15, -0.1) is 0 Å². The van der Waals surface area contributed by atoms with E-state index in [4.69, 9.17) is 5.73 Å². The van der Waals surface area contributed by atoms with E-state index < -0.39 is 0 Å². The van der Waals surface area contributed by atoms with E-state index in [0.717, 1.165) is 17.2 Å². The Labute approximate surface area is 86.0 Å². The molecule has 15 heavy (non-hydrogen) atoms. The predicted molar refractivity (Wildman–Crippen MR) is 58.0 cm³/mol. The van der Waals surface area contributed by atoms with Crippen molar-refractivity contribution in [1.82, 2.24) is 15.0 Å². The Kier molecular flexibility index (Phi) is 2.45. The molecule has 3 N–H and O–H groups in total. The Morgan fingerprint density at radius 1 is 1.47 bits per heavy atom. The molecule has 5 heteroatoms. The number of fused-ring (bicyclic) bond motifs is 1. The van der Waals surface area contributed by atoms with E-state index in [2.05, 4.69) is 15.0 Å². The lowest BCUT2D eigenvalue weighted by Gasteiger charge is -1.94. The summed E-state index contributed by atoms with van der Waals surface area (Å²) in [5, 5.41) is 0.791. The molecule has 5 nitrogen and oxygen atoms in total. The second-order valence-corrected chi connectivity index (χ2v) is 3.03. The Hall–Kier alpha value is -2.17. The number of rotatable bonds is 3. The van der Waals surface area contributed by atoms with Crippen LogP contribution in [-0.2, 0) is 4.79 Å². The quantitative estimate of drug-likeness (QED) is 0.731. The molecule has 2 heterocycles. The van der Waals surface area contributed by atoms with Gasteiger partial charge in [-0.2, -0.15) is 0 Å². The van der Waals surface area contributed by atoms with Crippen LogP contribution in [0.5, 0.6) is 0 Å². The number of allylic oxidation sites excluding steroid dienone is 1. The van der Waals surface area contributed by atoms with Crippen molar-refractivity contribution in [2.75, 3.05) is 5.73 Å². The number of hydrogen-bond donors (Lipinski definition) is 2. The molecule has 0 aliphatic rings. The third kappa shape index (κ3) is 1.71. The van der Waals surface area contributed by atoms with E-state index in [9.17, 15) is 4.79 Å². The Balaban J connectivity index is 2.48. The largest absolute Gasteiger partial charge is 0.383 e. The summed E-state index contributed by atoms with van der Waals surface area (Å²) in [6.07, 6.45) is 8.02. The maximum absolute atomic E-state index is 10.2. The summed E-state index contributed by atoms with van der Waals surface area (Å²) in [5.74, 6) is 0.437. The lowest BCUT2D eigenvalue weighted by atomic mass is 10.2. The monoisotopic (exact) mass is 202 g/mol. The molecule has 0 radical (unpaired) electrons. The zero-order valence-electron chi connectivity index (χ0n) is 7.97. The number of anilines is 1. The number of nitrogens with zero attached hydrogens (tertiary/aromatic N) is 2. The van der Waals surface area contributed by atoms with E-state index >= 15 is 0 Å². The molecule has 2 rings (SSSR count). The van der Waals surface area contributed by atoms with Gasteiger partial charge in [-0.3, -0.25) is 0 Å². The van der Waals surface area contributed by atoms with Crippen LogP contribution in [0.4, 0.5) is 5.82 Å². The molecule has 0 spiro atoms. The summed E-state index contributed by atoms with van der Waals surface area (Å²) < 4.78 is 0.